The van der Waals surface area contributed by atoms with Gasteiger partial charge in [-0.1, -0.05) is 12.2 Å². The maximum atomic E-state index is 11.3. The predicted molar refractivity (Wildman–Crippen MR) is 108 cm³/mol. The Kier molecular flexibility index (Phi) is 4.33. The van der Waals surface area contributed by atoms with E-state index in [1.165, 1.54) is 16.0 Å². The Labute approximate surface area is 157 Å². The number of fused-ring (bicyclic) bond motifs is 1. The molecule has 0 aliphatic carbocycles. The minimum atomic E-state index is -3.23. The van der Waals surface area contributed by atoms with Gasteiger partial charge in [0.05, 0.1) is 10.5 Å². The standard InChI is InChI=1S/C18H20N2O2S3/c1-25(21,22)19-15-2-4-16(5-3-15)20-11-9-18(10-12-20)8-6-14-7-13-23-17(14)24-18/h2-8,13,19H,9-12H2,1H3. The number of hydrogen-bond donors (Lipinski definition) is 1. The smallest absolute Gasteiger partial charge is 0.229 e. The molecule has 1 aromatic carbocycles. The zero-order valence-corrected chi connectivity index (χ0v) is 16.4. The quantitative estimate of drug-likeness (QED) is 0.847. The molecule has 4 nitrogen and oxygen atoms in total. The van der Waals surface area contributed by atoms with Gasteiger partial charge < -0.3 is 4.90 Å². The lowest BCUT2D eigenvalue weighted by atomic mass is 9.94. The monoisotopic (exact) mass is 392 g/mol. The highest BCUT2D eigenvalue weighted by atomic mass is 32.2. The molecule has 1 N–H and O–H groups in total. The summed E-state index contributed by atoms with van der Waals surface area (Å²) in [6.45, 7) is 2.02. The molecule has 1 aromatic heterocycles. The van der Waals surface area contributed by atoms with E-state index in [0.29, 0.717) is 5.69 Å². The van der Waals surface area contributed by atoms with Crippen LogP contribution in [0.4, 0.5) is 11.4 Å². The van der Waals surface area contributed by atoms with Crippen molar-refractivity contribution in [1.82, 2.24) is 0 Å². The normalized spacial score (nSPS) is 19.0. The molecule has 0 unspecified atom stereocenters. The maximum Gasteiger partial charge on any atom is 0.229 e. The Hall–Kier alpha value is -1.44. The lowest BCUT2D eigenvalue weighted by Crippen LogP contribution is -2.41. The number of anilines is 2. The van der Waals surface area contributed by atoms with Gasteiger partial charge in [0.15, 0.2) is 0 Å². The molecule has 25 heavy (non-hydrogen) atoms. The molecule has 1 spiro atoms. The molecule has 7 heteroatoms. The van der Waals surface area contributed by atoms with Crippen LogP contribution in [0.1, 0.15) is 18.4 Å². The minimum Gasteiger partial charge on any atom is -0.371 e. The van der Waals surface area contributed by atoms with E-state index >= 15 is 0 Å². The van der Waals surface area contributed by atoms with Crippen LogP contribution in [-0.4, -0.2) is 32.5 Å². The highest BCUT2D eigenvalue weighted by Gasteiger charge is 2.36. The predicted octanol–water partition coefficient (Wildman–Crippen LogP) is 4.28. The molecule has 2 aliphatic rings. The molecule has 2 aromatic rings. The molecule has 0 radical (unpaired) electrons. The summed E-state index contributed by atoms with van der Waals surface area (Å²) in [5.74, 6) is 0. The third kappa shape index (κ3) is 3.73. The lowest BCUT2D eigenvalue weighted by molar-refractivity contribution is 0.516. The summed E-state index contributed by atoms with van der Waals surface area (Å²) in [5, 5.41) is 2.17. The lowest BCUT2D eigenvalue weighted by Gasteiger charge is -2.41. The zero-order valence-electron chi connectivity index (χ0n) is 13.9. The number of hydrogen-bond acceptors (Lipinski definition) is 5. The average molecular weight is 393 g/mol. The highest BCUT2D eigenvalue weighted by Crippen LogP contribution is 2.49. The van der Waals surface area contributed by atoms with E-state index in [9.17, 15) is 8.42 Å². The third-order valence-corrected chi connectivity index (χ3v) is 7.91. The van der Waals surface area contributed by atoms with E-state index in [2.05, 4.69) is 33.2 Å². The van der Waals surface area contributed by atoms with Gasteiger partial charge in [-0.2, -0.15) is 0 Å². The van der Waals surface area contributed by atoms with Crippen LogP contribution in [0, 0.1) is 0 Å². The van der Waals surface area contributed by atoms with Crippen molar-refractivity contribution >= 4 is 50.6 Å². The maximum absolute atomic E-state index is 11.3. The molecule has 3 heterocycles. The van der Waals surface area contributed by atoms with Crippen molar-refractivity contribution in [2.45, 2.75) is 21.8 Å². The Bertz CT molecular complexity index is 893. The van der Waals surface area contributed by atoms with Gasteiger partial charge in [0.25, 0.3) is 0 Å². The van der Waals surface area contributed by atoms with Gasteiger partial charge >= 0.3 is 0 Å². The first-order valence-corrected chi connectivity index (χ1v) is 11.8. The Morgan fingerprint density at radius 1 is 1.12 bits per heavy atom. The minimum absolute atomic E-state index is 0.228. The van der Waals surface area contributed by atoms with Gasteiger partial charge in [-0.15, -0.1) is 23.1 Å². The molecule has 2 aliphatic heterocycles. The summed E-state index contributed by atoms with van der Waals surface area (Å²) in [6.07, 6.45) is 8.08. The van der Waals surface area contributed by atoms with Gasteiger partial charge in [-0.05, 0) is 54.1 Å². The van der Waals surface area contributed by atoms with Crippen LogP contribution in [0.5, 0.6) is 0 Å². The van der Waals surface area contributed by atoms with Gasteiger partial charge in [-0.25, -0.2) is 8.42 Å². The van der Waals surface area contributed by atoms with Gasteiger partial charge in [0, 0.05) is 29.2 Å². The Morgan fingerprint density at radius 2 is 1.84 bits per heavy atom. The fourth-order valence-electron chi connectivity index (χ4n) is 3.34. The van der Waals surface area contributed by atoms with E-state index in [1.807, 2.05) is 47.4 Å². The molecule has 0 amide bonds. The van der Waals surface area contributed by atoms with E-state index in [4.69, 9.17) is 0 Å². The molecule has 1 fully saturated rings. The highest BCUT2D eigenvalue weighted by molar-refractivity contribution is 8.02. The Morgan fingerprint density at radius 3 is 2.52 bits per heavy atom. The second-order valence-electron chi connectivity index (χ2n) is 6.57. The van der Waals surface area contributed by atoms with Crippen molar-refractivity contribution in [2.24, 2.45) is 0 Å². The second-order valence-corrected chi connectivity index (χ2v) is 10.9. The van der Waals surface area contributed by atoms with Crippen LogP contribution in [0.15, 0.2) is 46.0 Å². The van der Waals surface area contributed by atoms with Crippen LogP contribution in [0.25, 0.3) is 6.08 Å². The van der Waals surface area contributed by atoms with Gasteiger partial charge in [0.1, 0.15) is 0 Å². The van der Waals surface area contributed by atoms with Crippen LogP contribution in [-0.2, 0) is 10.0 Å². The zero-order chi connectivity index (χ0) is 17.5. The summed E-state index contributed by atoms with van der Waals surface area (Å²) < 4.78 is 26.8. The van der Waals surface area contributed by atoms with E-state index in [-0.39, 0.29) is 4.75 Å². The second kappa shape index (κ2) is 6.37. The number of thioether (sulfide) groups is 1. The van der Waals surface area contributed by atoms with Crippen LogP contribution in [0.3, 0.4) is 0 Å². The molecular formula is C18H20N2O2S3. The van der Waals surface area contributed by atoms with Crippen LogP contribution < -0.4 is 9.62 Å². The number of thiophene rings is 1. The summed E-state index contributed by atoms with van der Waals surface area (Å²) in [7, 11) is -3.23. The number of nitrogens with one attached hydrogen (secondary N) is 1. The molecular weight excluding hydrogens is 372 g/mol. The van der Waals surface area contributed by atoms with Crippen molar-refractivity contribution in [3.63, 3.8) is 0 Å². The average Bonchev–Trinajstić information content (AvgIpc) is 3.02. The fraction of sp³-hybridized carbons (Fsp3) is 0.333. The van der Waals surface area contributed by atoms with Crippen molar-refractivity contribution in [3.8, 4) is 0 Å². The van der Waals surface area contributed by atoms with E-state index < -0.39 is 10.0 Å². The SMILES string of the molecule is CS(=O)(=O)Nc1ccc(N2CCC3(C=Cc4ccsc4S3)CC2)cc1. The third-order valence-electron chi connectivity index (χ3n) is 4.67. The van der Waals surface area contributed by atoms with Gasteiger partial charge in [0.2, 0.25) is 10.0 Å². The summed E-state index contributed by atoms with van der Waals surface area (Å²) in [6, 6.07) is 9.83. The van der Waals surface area contributed by atoms with Crippen molar-refractivity contribution < 1.29 is 8.42 Å². The van der Waals surface area contributed by atoms with Crippen molar-refractivity contribution in [1.29, 1.82) is 0 Å². The molecule has 0 bridgehead atoms. The van der Waals surface area contributed by atoms with E-state index in [1.54, 1.807) is 0 Å². The number of benzene rings is 1. The largest absolute Gasteiger partial charge is 0.371 e. The molecule has 132 valence electrons. The van der Waals surface area contributed by atoms with Crippen molar-refractivity contribution in [2.75, 3.05) is 29.0 Å². The topological polar surface area (TPSA) is 49.4 Å². The van der Waals surface area contributed by atoms with Crippen molar-refractivity contribution in [3.05, 3.63) is 47.4 Å². The number of sulfonamides is 1. The molecule has 4 rings (SSSR count). The first-order valence-electron chi connectivity index (χ1n) is 8.21. The Balaban J connectivity index is 1.42. The first kappa shape index (κ1) is 17.0. The van der Waals surface area contributed by atoms with E-state index in [0.717, 1.165) is 31.6 Å². The number of rotatable bonds is 3. The number of piperidine rings is 1. The number of nitrogens with zero attached hydrogens (tertiary/aromatic N) is 1. The molecule has 0 atom stereocenters. The molecule has 0 saturated carbocycles. The van der Waals surface area contributed by atoms with Gasteiger partial charge in [-0.3, -0.25) is 4.72 Å². The summed E-state index contributed by atoms with van der Waals surface area (Å²) in [4.78, 5) is 2.38. The van der Waals surface area contributed by atoms with Crippen LogP contribution in [0.2, 0.25) is 0 Å². The van der Waals surface area contributed by atoms with Crippen LogP contribution >= 0.6 is 23.1 Å². The fourth-order valence-corrected chi connectivity index (χ4v) is 6.52. The summed E-state index contributed by atoms with van der Waals surface area (Å²) in [5.41, 5.74) is 3.11. The summed E-state index contributed by atoms with van der Waals surface area (Å²) >= 11 is 3.86. The first-order chi connectivity index (χ1) is 11.9. The molecule has 1 saturated heterocycles.